The van der Waals surface area contributed by atoms with Crippen molar-refractivity contribution in [1.82, 2.24) is 5.32 Å². The van der Waals surface area contributed by atoms with Gasteiger partial charge in [0, 0.05) is 11.3 Å². The molecule has 1 aliphatic rings. The van der Waals surface area contributed by atoms with Gasteiger partial charge in [-0.1, -0.05) is 6.07 Å². The molecule has 3 amide bonds. The van der Waals surface area contributed by atoms with Gasteiger partial charge in [-0.25, -0.2) is 9.59 Å². The van der Waals surface area contributed by atoms with Gasteiger partial charge in [0.25, 0.3) is 5.91 Å². The maximum atomic E-state index is 11.9. The van der Waals surface area contributed by atoms with Gasteiger partial charge in [-0.2, -0.15) is 0 Å². The Morgan fingerprint density at radius 3 is 2.47 bits per heavy atom. The van der Waals surface area contributed by atoms with Gasteiger partial charge in [0.2, 0.25) is 0 Å². The highest BCUT2D eigenvalue weighted by Crippen LogP contribution is 2.35. The molecule has 0 atom stereocenters. The number of rotatable bonds is 4. The molecule has 100 valence electrons. The quantitative estimate of drug-likeness (QED) is 0.632. The van der Waals surface area contributed by atoms with Crippen molar-refractivity contribution < 1.29 is 19.5 Å². The molecule has 19 heavy (non-hydrogen) atoms. The Balaban J connectivity index is 2.11. The van der Waals surface area contributed by atoms with E-state index >= 15 is 0 Å². The number of aliphatic carboxylic acids is 1. The minimum atomic E-state index is -1.13. The third-order valence-corrected chi connectivity index (χ3v) is 2.90. The number of primary amides is 1. The largest absolute Gasteiger partial charge is 0.480 e. The Morgan fingerprint density at radius 1 is 1.26 bits per heavy atom. The second-order valence-corrected chi connectivity index (χ2v) is 4.41. The van der Waals surface area contributed by atoms with Crippen LogP contribution in [0.25, 0.3) is 0 Å². The van der Waals surface area contributed by atoms with Crippen LogP contribution < -0.4 is 16.4 Å². The number of hydrogen-bond acceptors (Lipinski definition) is 3. The van der Waals surface area contributed by atoms with E-state index in [2.05, 4.69) is 10.6 Å². The molecule has 5 N–H and O–H groups in total. The Kier molecular flexibility index (Phi) is 3.12. The third-order valence-electron chi connectivity index (χ3n) is 2.90. The molecule has 1 aliphatic carbocycles. The Hall–Kier alpha value is -2.57. The molecular weight excluding hydrogens is 250 g/mol. The van der Waals surface area contributed by atoms with E-state index in [0.29, 0.717) is 18.5 Å². The van der Waals surface area contributed by atoms with Crippen molar-refractivity contribution in [1.29, 1.82) is 0 Å². The van der Waals surface area contributed by atoms with Gasteiger partial charge in [0.1, 0.15) is 5.54 Å². The predicted octanol–water partition coefficient (Wildman–Crippen LogP) is 0.524. The van der Waals surface area contributed by atoms with Crippen molar-refractivity contribution in [3.8, 4) is 0 Å². The molecule has 0 aromatic heterocycles. The molecule has 0 saturated heterocycles. The van der Waals surface area contributed by atoms with Crippen molar-refractivity contribution >= 4 is 23.6 Å². The van der Waals surface area contributed by atoms with E-state index in [9.17, 15) is 14.4 Å². The van der Waals surface area contributed by atoms with Gasteiger partial charge in [-0.3, -0.25) is 4.79 Å². The van der Waals surface area contributed by atoms with Gasteiger partial charge in [-0.05, 0) is 31.0 Å². The average Bonchev–Trinajstić information content (AvgIpc) is 3.09. The van der Waals surface area contributed by atoms with E-state index in [1.54, 1.807) is 12.1 Å². The number of carbonyl (C=O) groups is 3. The van der Waals surface area contributed by atoms with E-state index in [1.807, 2.05) is 0 Å². The number of carboxylic acid groups (broad SMARTS) is 1. The highest BCUT2D eigenvalue weighted by atomic mass is 16.4. The van der Waals surface area contributed by atoms with Gasteiger partial charge >= 0.3 is 12.0 Å². The number of benzene rings is 1. The number of carbonyl (C=O) groups excluding carboxylic acids is 2. The summed E-state index contributed by atoms with van der Waals surface area (Å²) in [6.45, 7) is 0. The van der Waals surface area contributed by atoms with Gasteiger partial charge in [-0.15, -0.1) is 0 Å². The smallest absolute Gasteiger partial charge is 0.329 e. The standard InChI is InChI=1S/C12H13N3O4/c13-11(19)14-8-3-1-2-7(6-8)9(16)15-12(4-5-12)10(17)18/h1-3,6H,4-5H2,(H,15,16)(H,17,18)(H3,13,14,19). The molecule has 1 aromatic rings. The van der Waals surface area contributed by atoms with Crippen LogP contribution in [-0.2, 0) is 4.79 Å². The molecule has 0 bridgehead atoms. The zero-order valence-corrected chi connectivity index (χ0v) is 9.97. The number of urea groups is 1. The summed E-state index contributed by atoms with van der Waals surface area (Å²) in [5, 5.41) is 13.8. The monoisotopic (exact) mass is 263 g/mol. The topological polar surface area (TPSA) is 122 Å². The van der Waals surface area contributed by atoms with E-state index in [0.717, 1.165) is 0 Å². The zero-order chi connectivity index (χ0) is 14.0. The summed E-state index contributed by atoms with van der Waals surface area (Å²) in [4.78, 5) is 33.6. The lowest BCUT2D eigenvalue weighted by Crippen LogP contribution is -2.43. The second kappa shape index (κ2) is 4.60. The molecule has 1 fully saturated rings. The van der Waals surface area contributed by atoms with Crippen LogP contribution in [0.3, 0.4) is 0 Å². The molecule has 0 spiro atoms. The van der Waals surface area contributed by atoms with Crippen molar-refractivity contribution in [2.24, 2.45) is 5.73 Å². The molecule has 7 nitrogen and oxygen atoms in total. The first-order valence-electron chi connectivity index (χ1n) is 5.65. The lowest BCUT2D eigenvalue weighted by molar-refractivity contribution is -0.140. The maximum Gasteiger partial charge on any atom is 0.329 e. The first-order chi connectivity index (χ1) is 8.93. The van der Waals surface area contributed by atoms with Crippen molar-refractivity contribution in [3.05, 3.63) is 29.8 Å². The number of nitrogens with two attached hydrogens (primary N) is 1. The molecule has 0 radical (unpaired) electrons. The minimum absolute atomic E-state index is 0.263. The van der Waals surface area contributed by atoms with E-state index in [-0.39, 0.29) is 5.56 Å². The number of hydrogen-bond donors (Lipinski definition) is 4. The zero-order valence-electron chi connectivity index (χ0n) is 9.97. The molecule has 1 aromatic carbocycles. The fraction of sp³-hybridized carbons (Fsp3) is 0.250. The maximum absolute atomic E-state index is 11.9. The number of carboxylic acids is 1. The molecular formula is C12H13N3O4. The first kappa shape index (κ1) is 12.9. The van der Waals surface area contributed by atoms with Crippen LogP contribution in [0.15, 0.2) is 24.3 Å². The SMILES string of the molecule is NC(=O)Nc1cccc(C(=O)NC2(C(=O)O)CC2)c1. The lowest BCUT2D eigenvalue weighted by atomic mass is 10.1. The fourth-order valence-corrected chi connectivity index (χ4v) is 1.69. The van der Waals surface area contributed by atoms with Gasteiger partial charge in [0.05, 0.1) is 0 Å². The van der Waals surface area contributed by atoms with Gasteiger partial charge in [0.15, 0.2) is 0 Å². The lowest BCUT2D eigenvalue weighted by Gasteiger charge is -2.12. The molecule has 2 rings (SSSR count). The van der Waals surface area contributed by atoms with Crippen molar-refractivity contribution in [2.45, 2.75) is 18.4 Å². The summed E-state index contributed by atoms with van der Waals surface area (Å²) in [5.41, 5.74) is 4.48. The molecule has 0 unspecified atom stereocenters. The number of amides is 3. The van der Waals surface area contributed by atoms with Crippen LogP contribution >= 0.6 is 0 Å². The van der Waals surface area contributed by atoms with Crippen LogP contribution in [-0.4, -0.2) is 28.6 Å². The van der Waals surface area contributed by atoms with Gasteiger partial charge < -0.3 is 21.5 Å². The predicted molar refractivity (Wildman–Crippen MR) is 66.7 cm³/mol. The highest BCUT2D eigenvalue weighted by Gasteiger charge is 2.51. The minimum Gasteiger partial charge on any atom is -0.480 e. The second-order valence-electron chi connectivity index (χ2n) is 4.41. The van der Waals surface area contributed by atoms with Crippen LogP contribution in [0.5, 0.6) is 0 Å². The van der Waals surface area contributed by atoms with E-state index in [4.69, 9.17) is 10.8 Å². The average molecular weight is 263 g/mol. The summed E-state index contributed by atoms with van der Waals surface area (Å²) < 4.78 is 0. The molecule has 7 heteroatoms. The Morgan fingerprint density at radius 2 is 1.95 bits per heavy atom. The van der Waals surface area contributed by atoms with E-state index in [1.165, 1.54) is 12.1 Å². The summed E-state index contributed by atoms with van der Waals surface area (Å²) in [5.74, 6) is -1.53. The molecule has 0 heterocycles. The summed E-state index contributed by atoms with van der Waals surface area (Å²) in [7, 11) is 0. The molecule has 1 saturated carbocycles. The van der Waals surface area contributed by atoms with Crippen molar-refractivity contribution in [3.63, 3.8) is 0 Å². The summed E-state index contributed by atoms with van der Waals surface area (Å²) >= 11 is 0. The van der Waals surface area contributed by atoms with Crippen LogP contribution in [0.1, 0.15) is 23.2 Å². The molecule has 0 aliphatic heterocycles. The van der Waals surface area contributed by atoms with Crippen molar-refractivity contribution in [2.75, 3.05) is 5.32 Å². The summed E-state index contributed by atoms with van der Waals surface area (Å²) in [6, 6.07) is 5.37. The summed E-state index contributed by atoms with van der Waals surface area (Å²) in [6.07, 6.45) is 0.848. The van der Waals surface area contributed by atoms with Crippen LogP contribution in [0, 0.1) is 0 Å². The van der Waals surface area contributed by atoms with Crippen LogP contribution in [0.4, 0.5) is 10.5 Å². The number of nitrogens with one attached hydrogen (secondary N) is 2. The Bertz CT molecular complexity index is 552. The fourth-order valence-electron chi connectivity index (χ4n) is 1.69. The first-order valence-corrected chi connectivity index (χ1v) is 5.65. The third kappa shape index (κ3) is 2.82. The number of anilines is 1. The highest BCUT2D eigenvalue weighted by molar-refractivity contribution is 6.00. The van der Waals surface area contributed by atoms with Crippen LogP contribution in [0.2, 0.25) is 0 Å². The normalized spacial score (nSPS) is 15.4. The van der Waals surface area contributed by atoms with E-state index < -0.39 is 23.4 Å². The Labute approximate surface area is 108 Å².